The number of amides is 1. The molecule has 1 unspecified atom stereocenters. The molecule has 0 bridgehead atoms. The molecular formula is C25H17N6Na3O11S5. The first-order chi connectivity index (χ1) is 22.3. The Morgan fingerprint density at radius 1 is 1.16 bits per heavy atom. The van der Waals surface area contributed by atoms with Crippen molar-refractivity contribution in [3.05, 3.63) is 62.5 Å². The van der Waals surface area contributed by atoms with E-state index in [2.05, 4.69) is 19.5 Å². The maximum absolute atomic E-state index is 13.3. The maximum atomic E-state index is 13.3. The van der Waals surface area contributed by atoms with Crippen LogP contribution in [0.2, 0.25) is 0 Å². The molecule has 0 radical (unpaired) electrons. The minimum absolute atomic E-state index is 0. The molecule has 2 aliphatic heterocycles. The number of oxime groups is 1. The van der Waals surface area contributed by atoms with Crippen molar-refractivity contribution in [3.63, 3.8) is 0 Å². The summed E-state index contributed by atoms with van der Waals surface area (Å²) in [5, 5.41) is 59.8. The van der Waals surface area contributed by atoms with E-state index >= 15 is 0 Å². The Morgan fingerprint density at radius 3 is 2.42 bits per heavy atom. The van der Waals surface area contributed by atoms with Crippen LogP contribution in [0.15, 0.2) is 65.0 Å². The van der Waals surface area contributed by atoms with Gasteiger partial charge in [-0.15, -0.1) is 40.6 Å². The van der Waals surface area contributed by atoms with Crippen LogP contribution in [0.3, 0.4) is 0 Å². The van der Waals surface area contributed by atoms with E-state index in [9.17, 15) is 49.5 Å². The topological polar surface area (TPSA) is 287 Å². The van der Waals surface area contributed by atoms with E-state index in [0.29, 0.717) is 16.7 Å². The van der Waals surface area contributed by atoms with Crippen molar-refractivity contribution >= 4 is 98.7 Å². The molecule has 5 N–H and O–H groups in total. The van der Waals surface area contributed by atoms with E-state index in [1.165, 1.54) is 29.6 Å². The van der Waals surface area contributed by atoms with E-state index < -0.39 is 63.4 Å². The zero-order chi connectivity index (χ0) is 34.0. The van der Waals surface area contributed by atoms with Gasteiger partial charge in [-0.2, -0.15) is 0 Å². The van der Waals surface area contributed by atoms with Crippen molar-refractivity contribution in [2.45, 2.75) is 26.0 Å². The Balaban J connectivity index is 0.00000289. The number of aromatic amines is 1. The van der Waals surface area contributed by atoms with E-state index in [0.717, 1.165) is 51.3 Å². The number of aliphatic carboxylic acids is 2. The quantitative estimate of drug-likeness (QED) is 0.0237. The number of nitrogens with two attached hydrogens (primary N) is 1. The number of thioether (sulfide) groups is 3. The van der Waals surface area contributed by atoms with Gasteiger partial charge in [-0.3, -0.25) is 23.9 Å². The third-order valence-corrected chi connectivity index (χ3v) is 11.5. The molecule has 3 aromatic rings. The first-order valence-corrected chi connectivity index (χ1v) is 17.3. The van der Waals surface area contributed by atoms with Gasteiger partial charge in [0, 0.05) is 27.7 Å². The van der Waals surface area contributed by atoms with Crippen molar-refractivity contribution in [3.8, 4) is 5.75 Å². The van der Waals surface area contributed by atoms with Crippen LogP contribution in [0.5, 0.6) is 5.75 Å². The number of hydrogen-bond donors (Lipinski definition) is 4. The number of anilines is 1. The number of β-lactam (4-membered cyclic amide) rings is 1. The summed E-state index contributed by atoms with van der Waals surface area (Å²) >= 11 is 4.37. The van der Waals surface area contributed by atoms with Crippen LogP contribution in [0.4, 0.5) is 5.13 Å². The largest absolute Gasteiger partial charge is 1.00 e. The third-order valence-electron chi connectivity index (χ3n) is 6.20. The van der Waals surface area contributed by atoms with Gasteiger partial charge in [0.05, 0.1) is 15.7 Å². The SMILES string of the molecule is Nc1nc(/C(=N\OC(Sc2ccc([O-])cc2)C(=O)O)C([O-])=N[C@@H]2C(=O)N3C(C(=O)O)=C(CSc4s[nH]c(=O)c4C(=O)[O-])CS[C@H]23)cs1.[Na+].[Na+].[Na+]. The van der Waals surface area contributed by atoms with Crippen LogP contribution in [0.25, 0.3) is 0 Å². The van der Waals surface area contributed by atoms with Gasteiger partial charge in [0.2, 0.25) is 0 Å². The zero-order valence-corrected chi connectivity index (χ0v) is 36.1. The van der Waals surface area contributed by atoms with Crippen LogP contribution in [-0.4, -0.2) is 88.3 Å². The predicted molar refractivity (Wildman–Crippen MR) is 166 cm³/mol. The van der Waals surface area contributed by atoms with Gasteiger partial charge in [0.25, 0.3) is 16.9 Å². The van der Waals surface area contributed by atoms with Crippen molar-refractivity contribution in [2.24, 2.45) is 10.1 Å². The number of aromatic carboxylic acids is 1. The van der Waals surface area contributed by atoms with Crippen molar-refractivity contribution in [1.29, 1.82) is 0 Å². The number of benzene rings is 1. The molecule has 2 aromatic heterocycles. The molecule has 0 spiro atoms. The maximum Gasteiger partial charge on any atom is 1.00 e. The predicted octanol–water partition coefficient (Wildman–Crippen LogP) is -9.98. The fourth-order valence-corrected chi connectivity index (χ4v) is 8.82. The zero-order valence-electron chi connectivity index (χ0n) is 26.0. The van der Waals surface area contributed by atoms with E-state index in [1.54, 1.807) is 0 Å². The molecular weight excluding hydrogens is 790 g/mol. The van der Waals surface area contributed by atoms with Crippen LogP contribution in [0.1, 0.15) is 16.1 Å². The molecule has 17 nitrogen and oxygen atoms in total. The summed E-state index contributed by atoms with van der Waals surface area (Å²) in [6.45, 7) is 0. The van der Waals surface area contributed by atoms with E-state index in [1.807, 2.05) is 0 Å². The number of rotatable bonds is 13. The summed E-state index contributed by atoms with van der Waals surface area (Å²) in [5.41, 5.74) is 1.83. The van der Waals surface area contributed by atoms with Gasteiger partial charge < -0.3 is 40.9 Å². The van der Waals surface area contributed by atoms with Crippen LogP contribution in [0, 0.1) is 0 Å². The number of nitrogen functional groups attached to an aromatic ring is 1. The molecule has 0 aliphatic carbocycles. The summed E-state index contributed by atoms with van der Waals surface area (Å²) < 4.78 is 2.36. The van der Waals surface area contributed by atoms with Gasteiger partial charge >= 0.3 is 101 Å². The van der Waals surface area contributed by atoms with Crippen LogP contribution in [-0.2, 0) is 19.2 Å². The molecule has 0 saturated carbocycles. The minimum Gasteiger partial charge on any atom is -0.872 e. The number of nitrogens with zero attached hydrogens (tertiary/aromatic N) is 4. The molecule has 25 heteroatoms. The van der Waals surface area contributed by atoms with Crippen molar-refractivity contribution < 1.29 is 138 Å². The van der Waals surface area contributed by atoms with Gasteiger partial charge in [-0.1, -0.05) is 40.6 Å². The number of fused-ring (bicyclic) bond motifs is 1. The molecule has 1 fully saturated rings. The number of carboxylic acid groups (broad SMARTS) is 3. The number of nitrogens with one attached hydrogen (secondary N) is 1. The van der Waals surface area contributed by atoms with E-state index in [4.69, 9.17) is 10.6 Å². The van der Waals surface area contributed by atoms with Crippen molar-refractivity contribution in [1.82, 2.24) is 14.3 Å². The van der Waals surface area contributed by atoms with Gasteiger partial charge in [-0.05, 0) is 17.7 Å². The summed E-state index contributed by atoms with van der Waals surface area (Å²) in [5.74, 6) is -6.81. The molecule has 1 saturated heterocycles. The second kappa shape index (κ2) is 19.5. The smallest absolute Gasteiger partial charge is 0.872 e. The third kappa shape index (κ3) is 10.1. The van der Waals surface area contributed by atoms with Gasteiger partial charge in [-0.25, -0.2) is 14.6 Å². The number of hydrogen-bond acceptors (Lipinski definition) is 18. The average Bonchev–Trinajstić information content (AvgIpc) is 3.63. The molecule has 246 valence electrons. The summed E-state index contributed by atoms with van der Waals surface area (Å²) in [7, 11) is 0. The average molecular weight is 807 g/mol. The number of thiazole rings is 1. The molecule has 3 atom stereocenters. The second-order valence-electron chi connectivity index (χ2n) is 9.19. The number of carbonyl (C=O) groups is 4. The Bertz CT molecular complexity index is 1920. The monoisotopic (exact) mass is 806 g/mol. The van der Waals surface area contributed by atoms with Crippen LogP contribution < -0.4 is 115 Å². The van der Waals surface area contributed by atoms with Crippen molar-refractivity contribution in [2.75, 3.05) is 17.2 Å². The second-order valence-corrected chi connectivity index (χ2v) is 14.4. The Kier molecular flexibility index (Phi) is 17.4. The standard InChI is InChI=1S/C25H20N6O11S5.3Na/c26-25-27-11(7-45-25)13(29-42-23(22(40)41)46-10-3-1-9(32)2-4-10)17(34)28-14-18(35)31-15(21(38)39)8(5-43-19(14)31)6-44-24-12(20(36)37)16(33)30-47-24;;;/h1-4,7,14,19,23,32H,5-6H2,(H2,26,27)(H,28,34)(H,30,33)(H,36,37)(H,38,39)(H,40,41);;;/q;3*+1/p-3/b29-13+;;;/t14-,19-,23?;;;/m1.../s1. The molecule has 50 heavy (non-hydrogen) atoms. The fourth-order valence-electron chi connectivity index (χ4n) is 4.12. The molecule has 2 aliphatic rings. The minimum atomic E-state index is -1.69. The summed E-state index contributed by atoms with van der Waals surface area (Å²) in [6, 6.07) is 3.87. The van der Waals surface area contributed by atoms with Gasteiger partial charge in [0.1, 0.15) is 22.5 Å². The molecule has 4 heterocycles. The number of aromatic nitrogens is 2. The summed E-state index contributed by atoms with van der Waals surface area (Å²) in [4.78, 5) is 74.7. The Hall–Kier alpha value is -1.51. The summed E-state index contributed by atoms with van der Waals surface area (Å²) in [6.07, 6.45) is 0. The number of aliphatic imine (C=N–C) groups is 1. The number of carbonyl (C=O) groups excluding carboxylic acids is 2. The molecule has 1 aromatic carbocycles. The Labute approximate surface area is 368 Å². The molecule has 1 amide bonds. The fraction of sp³-hybridized carbons (Fsp3) is 0.200. The molecule has 5 rings (SSSR count). The first kappa shape index (κ1) is 44.7. The first-order valence-electron chi connectivity index (χ1n) is 12.7. The van der Waals surface area contributed by atoms with Gasteiger partial charge in [0.15, 0.2) is 11.2 Å². The Morgan fingerprint density at radius 2 is 1.84 bits per heavy atom. The number of carboxylic acids is 3. The number of H-pyrrole nitrogens is 1. The normalized spacial score (nSPS) is 17.7. The van der Waals surface area contributed by atoms with Crippen LogP contribution >= 0.6 is 58.2 Å². The van der Waals surface area contributed by atoms with E-state index in [-0.39, 0.29) is 132 Å².